The number of carbonyl (C=O) groups excluding carboxylic acids is 1. The third kappa shape index (κ3) is 4.01. The summed E-state index contributed by atoms with van der Waals surface area (Å²) in [7, 11) is -3.87. The Morgan fingerprint density at radius 2 is 1.88 bits per heavy atom. The molecule has 0 aromatic heterocycles. The molecule has 0 saturated carbocycles. The van der Waals surface area contributed by atoms with Crippen molar-refractivity contribution in [1.82, 2.24) is 10.9 Å². The summed E-state index contributed by atoms with van der Waals surface area (Å²) in [5.41, 5.74) is 6.45. The van der Waals surface area contributed by atoms with Crippen molar-refractivity contribution in [3.63, 3.8) is 0 Å². The molecule has 1 aliphatic heterocycles. The smallest absolute Gasteiger partial charge is 0.250 e. The Morgan fingerprint density at radius 1 is 1.15 bits per heavy atom. The number of hydrogen-bond acceptors (Lipinski definition) is 5. The lowest BCUT2D eigenvalue weighted by atomic mass is 10.1. The molecule has 0 radical (unpaired) electrons. The third-order valence-electron chi connectivity index (χ3n) is 4.08. The van der Waals surface area contributed by atoms with E-state index in [4.69, 9.17) is 0 Å². The van der Waals surface area contributed by atoms with E-state index in [1.165, 1.54) is 6.07 Å². The van der Waals surface area contributed by atoms with Gasteiger partial charge in [-0.2, -0.15) is 0 Å². The van der Waals surface area contributed by atoms with Crippen molar-refractivity contribution in [1.29, 1.82) is 0 Å². The molecule has 1 aliphatic rings. The van der Waals surface area contributed by atoms with Gasteiger partial charge in [-0.15, -0.1) is 0 Å². The minimum atomic E-state index is -3.87. The third-order valence-corrected chi connectivity index (χ3v) is 5.71. The van der Waals surface area contributed by atoms with E-state index < -0.39 is 33.0 Å². The Morgan fingerprint density at radius 3 is 2.58 bits per heavy atom. The molecule has 3 rings (SSSR count). The Bertz CT molecular complexity index is 905. The number of para-hydroxylation sites is 1. The van der Waals surface area contributed by atoms with E-state index in [0.717, 1.165) is 0 Å². The average molecular weight is 378 g/mol. The van der Waals surface area contributed by atoms with Crippen LogP contribution < -0.4 is 20.9 Å². The SMILES string of the molecule is Cc1ccc(NC(=O)C2CNNC2S(=O)(=O)Nc2ccccc2)cc1F. The minimum Gasteiger partial charge on any atom is -0.326 e. The van der Waals surface area contributed by atoms with Crippen LogP contribution in [0, 0.1) is 18.7 Å². The lowest BCUT2D eigenvalue weighted by Gasteiger charge is -2.19. The lowest BCUT2D eigenvalue weighted by molar-refractivity contribution is -0.119. The van der Waals surface area contributed by atoms with E-state index in [1.54, 1.807) is 49.4 Å². The van der Waals surface area contributed by atoms with E-state index >= 15 is 0 Å². The Balaban J connectivity index is 1.74. The molecule has 1 amide bonds. The van der Waals surface area contributed by atoms with Gasteiger partial charge < -0.3 is 5.32 Å². The highest BCUT2D eigenvalue weighted by atomic mass is 32.2. The van der Waals surface area contributed by atoms with Crippen molar-refractivity contribution in [2.75, 3.05) is 16.6 Å². The van der Waals surface area contributed by atoms with Gasteiger partial charge in [-0.3, -0.25) is 14.9 Å². The van der Waals surface area contributed by atoms with Gasteiger partial charge in [0.15, 0.2) is 5.37 Å². The number of sulfonamides is 1. The van der Waals surface area contributed by atoms with Crippen LogP contribution in [0.5, 0.6) is 0 Å². The summed E-state index contributed by atoms with van der Waals surface area (Å²) >= 11 is 0. The monoisotopic (exact) mass is 378 g/mol. The van der Waals surface area contributed by atoms with Gasteiger partial charge in [-0.25, -0.2) is 18.2 Å². The number of anilines is 2. The fourth-order valence-corrected chi connectivity index (χ4v) is 4.12. The summed E-state index contributed by atoms with van der Waals surface area (Å²) in [4.78, 5) is 12.5. The van der Waals surface area contributed by atoms with E-state index in [9.17, 15) is 17.6 Å². The largest absolute Gasteiger partial charge is 0.326 e. The van der Waals surface area contributed by atoms with Crippen molar-refractivity contribution in [2.24, 2.45) is 5.92 Å². The molecule has 0 bridgehead atoms. The molecular formula is C17H19FN4O3S. The molecule has 1 fully saturated rings. The molecule has 7 nitrogen and oxygen atoms in total. The van der Waals surface area contributed by atoms with Gasteiger partial charge in [0.1, 0.15) is 5.82 Å². The Kier molecular flexibility index (Phi) is 5.21. The maximum Gasteiger partial charge on any atom is 0.250 e. The average Bonchev–Trinajstić information content (AvgIpc) is 3.10. The van der Waals surface area contributed by atoms with Crippen LogP contribution >= 0.6 is 0 Å². The summed E-state index contributed by atoms with van der Waals surface area (Å²) in [5, 5.41) is 1.40. The number of rotatable bonds is 5. The van der Waals surface area contributed by atoms with E-state index in [2.05, 4.69) is 20.9 Å². The first-order valence-corrected chi connectivity index (χ1v) is 9.53. The molecule has 138 valence electrons. The van der Waals surface area contributed by atoms with Gasteiger partial charge in [-0.1, -0.05) is 24.3 Å². The van der Waals surface area contributed by atoms with Gasteiger partial charge in [0.25, 0.3) is 10.0 Å². The first-order valence-electron chi connectivity index (χ1n) is 7.99. The Labute approximate surface area is 151 Å². The summed E-state index contributed by atoms with van der Waals surface area (Å²) in [6.07, 6.45) is 0. The molecule has 1 saturated heterocycles. The first kappa shape index (κ1) is 18.3. The van der Waals surface area contributed by atoms with Gasteiger partial charge in [0.2, 0.25) is 5.91 Å². The molecule has 2 aromatic rings. The van der Waals surface area contributed by atoms with Crippen molar-refractivity contribution < 1.29 is 17.6 Å². The molecule has 2 unspecified atom stereocenters. The van der Waals surface area contributed by atoms with Crippen LogP contribution in [0.4, 0.5) is 15.8 Å². The molecule has 0 spiro atoms. The fraction of sp³-hybridized carbons (Fsp3) is 0.235. The number of carbonyl (C=O) groups is 1. The summed E-state index contributed by atoms with van der Waals surface area (Å²) in [6, 6.07) is 12.7. The van der Waals surface area contributed by atoms with Crippen molar-refractivity contribution >= 4 is 27.3 Å². The van der Waals surface area contributed by atoms with Crippen LogP contribution in [0.3, 0.4) is 0 Å². The van der Waals surface area contributed by atoms with Gasteiger partial charge in [0, 0.05) is 17.9 Å². The van der Waals surface area contributed by atoms with E-state index in [0.29, 0.717) is 11.3 Å². The molecule has 0 aliphatic carbocycles. The number of hydrazine groups is 1. The maximum absolute atomic E-state index is 13.6. The second-order valence-electron chi connectivity index (χ2n) is 6.02. The van der Waals surface area contributed by atoms with Crippen molar-refractivity contribution in [2.45, 2.75) is 12.3 Å². The maximum atomic E-state index is 13.6. The summed E-state index contributed by atoms with van der Waals surface area (Å²) in [6.45, 7) is 1.74. The normalized spacial score (nSPS) is 19.9. The summed E-state index contributed by atoms with van der Waals surface area (Å²) < 4.78 is 41.3. The quantitative estimate of drug-likeness (QED) is 0.633. The second-order valence-corrected chi connectivity index (χ2v) is 7.82. The van der Waals surface area contributed by atoms with Crippen LogP contribution in [0.15, 0.2) is 48.5 Å². The van der Waals surface area contributed by atoms with Crippen LogP contribution in [-0.4, -0.2) is 26.2 Å². The van der Waals surface area contributed by atoms with Crippen LogP contribution in [0.1, 0.15) is 5.56 Å². The van der Waals surface area contributed by atoms with Gasteiger partial charge in [-0.05, 0) is 36.8 Å². The zero-order valence-electron chi connectivity index (χ0n) is 14.0. The predicted octanol–water partition coefficient (Wildman–Crippen LogP) is 1.56. The van der Waals surface area contributed by atoms with Crippen LogP contribution in [-0.2, 0) is 14.8 Å². The predicted molar refractivity (Wildman–Crippen MR) is 97.2 cm³/mol. The Hall–Kier alpha value is -2.49. The lowest BCUT2D eigenvalue weighted by Crippen LogP contribution is -2.45. The van der Waals surface area contributed by atoms with Crippen LogP contribution in [0.2, 0.25) is 0 Å². The molecular weight excluding hydrogens is 359 g/mol. The highest BCUT2D eigenvalue weighted by Gasteiger charge is 2.41. The first-order chi connectivity index (χ1) is 12.4. The molecule has 2 aromatic carbocycles. The van der Waals surface area contributed by atoms with Crippen molar-refractivity contribution in [3.05, 3.63) is 59.9 Å². The van der Waals surface area contributed by atoms with Crippen molar-refractivity contribution in [3.8, 4) is 0 Å². The molecule has 26 heavy (non-hydrogen) atoms. The van der Waals surface area contributed by atoms with Gasteiger partial charge in [0.05, 0.1) is 5.92 Å². The molecule has 2 atom stereocenters. The highest BCUT2D eigenvalue weighted by molar-refractivity contribution is 7.93. The van der Waals surface area contributed by atoms with E-state index in [1.807, 2.05) is 0 Å². The summed E-state index contributed by atoms with van der Waals surface area (Å²) in [5.74, 6) is -1.85. The fourth-order valence-electron chi connectivity index (χ4n) is 2.64. The molecule has 9 heteroatoms. The molecule has 4 N–H and O–H groups in total. The number of halogens is 1. The number of benzene rings is 2. The number of nitrogens with one attached hydrogen (secondary N) is 4. The topological polar surface area (TPSA) is 99.3 Å². The number of amides is 1. The number of hydrogen-bond donors (Lipinski definition) is 4. The zero-order valence-corrected chi connectivity index (χ0v) is 14.8. The highest BCUT2D eigenvalue weighted by Crippen LogP contribution is 2.20. The zero-order chi connectivity index (χ0) is 18.7. The standard InChI is InChI=1S/C17H19FN4O3S/c1-11-7-8-13(9-15(11)18)20-16(23)14-10-19-21-17(14)26(24,25)22-12-5-3-2-4-6-12/h2-9,14,17,19,21-22H,10H2,1H3,(H,20,23). The second kappa shape index (κ2) is 7.40. The minimum absolute atomic E-state index is 0.126. The van der Waals surface area contributed by atoms with Gasteiger partial charge >= 0.3 is 0 Å². The van der Waals surface area contributed by atoms with E-state index in [-0.39, 0.29) is 12.2 Å². The van der Waals surface area contributed by atoms with Crippen LogP contribution in [0.25, 0.3) is 0 Å². The molecule has 1 heterocycles. The number of aryl methyl sites for hydroxylation is 1.